The van der Waals surface area contributed by atoms with E-state index in [2.05, 4.69) is 5.32 Å². The molecule has 1 aromatic rings. The van der Waals surface area contributed by atoms with Crippen molar-refractivity contribution in [3.8, 4) is 0 Å². The van der Waals surface area contributed by atoms with Crippen molar-refractivity contribution in [1.29, 1.82) is 0 Å². The van der Waals surface area contributed by atoms with Crippen LogP contribution in [0.2, 0.25) is 0 Å². The van der Waals surface area contributed by atoms with Crippen molar-refractivity contribution in [3.05, 3.63) is 35.4 Å². The van der Waals surface area contributed by atoms with E-state index in [4.69, 9.17) is 9.47 Å². The monoisotopic (exact) mass is 584 g/mol. The first-order chi connectivity index (χ1) is 19.9. The van der Waals surface area contributed by atoms with Gasteiger partial charge < -0.3 is 9.47 Å². The third-order valence-electron chi connectivity index (χ3n) is 7.52. The number of nitrogens with one attached hydrogen (secondary N) is 1. The molecule has 0 radical (unpaired) electrons. The quantitative estimate of drug-likeness (QED) is 0.249. The highest BCUT2D eigenvalue weighted by Gasteiger charge is 2.46. The highest BCUT2D eigenvalue weighted by Crippen LogP contribution is 2.27. The van der Waals surface area contributed by atoms with Gasteiger partial charge in [-0.1, -0.05) is 12.1 Å². The SMILES string of the molecule is CCOC(=O)[C@@H](CCCCN1C(=O)c2ccccc2C1=O)N[C@H]1CCC(=O)N2CCC[C@@H](C(=O)OC(C)(C)C)N2C1=O. The summed E-state index contributed by atoms with van der Waals surface area (Å²) in [6.07, 6.45) is 2.30. The molecule has 0 aliphatic carbocycles. The molecule has 1 aromatic carbocycles. The van der Waals surface area contributed by atoms with Crippen LogP contribution in [0.15, 0.2) is 24.3 Å². The summed E-state index contributed by atoms with van der Waals surface area (Å²) in [4.78, 5) is 79.3. The number of amides is 4. The predicted molar refractivity (Wildman–Crippen MR) is 150 cm³/mol. The normalized spacial score (nSPS) is 21.6. The van der Waals surface area contributed by atoms with Gasteiger partial charge in [0, 0.05) is 19.5 Å². The zero-order valence-electron chi connectivity index (χ0n) is 24.7. The number of benzene rings is 1. The molecule has 0 spiro atoms. The van der Waals surface area contributed by atoms with Crippen molar-refractivity contribution < 1.29 is 38.2 Å². The van der Waals surface area contributed by atoms with E-state index in [0.717, 1.165) is 0 Å². The van der Waals surface area contributed by atoms with Gasteiger partial charge in [-0.25, -0.2) is 9.80 Å². The molecule has 228 valence electrons. The first-order valence-electron chi connectivity index (χ1n) is 14.7. The fourth-order valence-corrected chi connectivity index (χ4v) is 5.59. The third kappa shape index (κ3) is 6.80. The van der Waals surface area contributed by atoms with Crippen LogP contribution < -0.4 is 5.32 Å². The van der Waals surface area contributed by atoms with E-state index in [-0.39, 0.29) is 50.1 Å². The van der Waals surface area contributed by atoms with Crippen molar-refractivity contribution in [2.45, 2.75) is 96.4 Å². The molecule has 2 saturated heterocycles. The number of imide groups is 1. The number of unbranched alkanes of at least 4 members (excludes halogenated alkanes) is 1. The van der Waals surface area contributed by atoms with Gasteiger partial charge in [0.25, 0.3) is 17.7 Å². The Kier molecular flexibility index (Phi) is 9.65. The lowest BCUT2D eigenvalue weighted by molar-refractivity contribution is -0.188. The molecule has 0 aromatic heterocycles. The summed E-state index contributed by atoms with van der Waals surface area (Å²) in [6.45, 7) is 7.55. The highest BCUT2D eigenvalue weighted by atomic mass is 16.6. The molecule has 0 unspecified atom stereocenters. The second kappa shape index (κ2) is 13.0. The molecule has 4 rings (SSSR count). The average molecular weight is 585 g/mol. The van der Waals surface area contributed by atoms with Gasteiger partial charge in [-0.15, -0.1) is 0 Å². The van der Waals surface area contributed by atoms with Gasteiger partial charge in [0.05, 0.1) is 23.8 Å². The number of fused-ring (bicyclic) bond motifs is 2. The van der Waals surface area contributed by atoms with E-state index < -0.39 is 41.6 Å². The Morgan fingerprint density at radius 3 is 2.31 bits per heavy atom. The van der Waals surface area contributed by atoms with Gasteiger partial charge in [0.2, 0.25) is 5.91 Å². The first kappa shape index (κ1) is 31.1. The average Bonchev–Trinajstić information content (AvgIpc) is 3.11. The predicted octanol–water partition coefficient (Wildman–Crippen LogP) is 2.21. The zero-order chi connectivity index (χ0) is 30.6. The van der Waals surface area contributed by atoms with Crippen LogP contribution >= 0.6 is 0 Å². The molecular weight excluding hydrogens is 544 g/mol. The molecular formula is C30H40N4O8. The van der Waals surface area contributed by atoms with E-state index in [9.17, 15) is 28.8 Å². The molecule has 3 aliphatic heterocycles. The Morgan fingerprint density at radius 1 is 1.02 bits per heavy atom. The number of hydrazine groups is 1. The molecule has 0 bridgehead atoms. The van der Waals surface area contributed by atoms with Gasteiger partial charge >= 0.3 is 11.9 Å². The molecule has 0 saturated carbocycles. The lowest BCUT2D eigenvalue weighted by Crippen LogP contribution is -2.63. The van der Waals surface area contributed by atoms with Crippen LogP contribution in [0.25, 0.3) is 0 Å². The number of hydrogen-bond donors (Lipinski definition) is 1. The van der Waals surface area contributed by atoms with Gasteiger partial charge in [-0.2, -0.15) is 0 Å². The van der Waals surface area contributed by atoms with Crippen molar-refractivity contribution in [2.75, 3.05) is 19.7 Å². The summed E-state index contributed by atoms with van der Waals surface area (Å²) in [5, 5.41) is 5.66. The smallest absolute Gasteiger partial charge is 0.331 e. The third-order valence-corrected chi connectivity index (χ3v) is 7.52. The summed E-state index contributed by atoms with van der Waals surface area (Å²) in [5.41, 5.74) is -0.00395. The number of ether oxygens (including phenoxy) is 2. The number of hydrogen-bond acceptors (Lipinski definition) is 9. The van der Waals surface area contributed by atoms with Crippen LogP contribution in [-0.4, -0.2) is 93.9 Å². The summed E-state index contributed by atoms with van der Waals surface area (Å²) < 4.78 is 10.8. The summed E-state index contributed by atoms with van der Waals surface area (Å²) in [7, 11) is 0. The zero-order valence-corrected chi connectivity index (χ0v) is 24.7. The lowest BCUT2D eigenvalue weighted by atomic mass is 10.0. The fraction of sp³-hybridized carbons (Fsp3) is 0.600. The number of carbonyl (C=O) groups is 6. The van der Waals surface area contributed by atoms with E-state index in [1.54, 1.807) is 52.0 Å². The van der Waals surface area contributed by atoms with E-state index in [1.807, 2.05) is 0 Å². The summed E-state index contributed by atoms with van der Waals surface area (Å²) >= 11 is 0. The van der Waals surface area contributed by atoms with Crippen LogP contribution in [0.1, 0.15) is 93.4 Å². The highest BCUT2D eigenvalue weighted by molar-refractivity contribution is 6.21. The van der Waals surface area contributed by atoms with Crippen LogP contribution in [0.3, 0.4) is 0 Å². The molecule has 3 heterocycles. The minimum Gasteiger partial charge on any atom is -0.465 e. The van der Waals surface area contributed by atoms with Crippen molar-refractivity contribution in [3.63, 3.8) is 0 Å². The maximum atomic E-state index is 13.8. The second-order valence-electron chi connectivity index (χ2n) is 11.8. The summed E-state index contributed by atoms with van der Waals surface area (Å²) in [6, 6.07) is 3.95. The van der Waals surface area contributed by atoms with Gasteiger partial charge in [0.15, 0.2) is 6.04 Å². The Bertz CT molecular complexity index is 1210. The maximum absolute atomic E-state index is 13.8. The van der Waals surface area contributed by atoms with Gasteiger partial charge in [-0.3, -0.25) is 39.2 Å². The Labute approximate surface area is 245 Å². The van der Waals surface area contributed by atoms with Gasteiger partial charge in [0.1, 0.15) is 11.6 Å². The fourth-order valence-electron chi connectivity index (χ4n) is 5.59. The maximum Gasteiger partial charge on any atom is 0.331 e. The lowest BCUT2D eigenvalue weighted by Gasteiger charge is -2.43. The Balaban J connectivity index is 1.43. The molecule has 3 aliphatic rings. The Morgan fingerprint density at radius 2 is 1.69 bits per heavy atom. The number of esters is 2. The minimum absolute atomic E-state index is 0.0657. The largest absolute Gasteiger partial charge is 0.465 e. The summed E-state index contributed by atoms with van der Waals surface area (Å²) in [5.74, 6) is -2.54. The van der Waals surface area contributed by atoms with Crippen LogP contribution in [-0.2, 0) is 28.7 Å². The van der Waals surface area contributed by atoms with E-state index >= 15 is 0 Å². The van der Waals surface area contributed by atoms with Crippen LogP contribution in [0.4, 0.5) is 0 Å². The van der Waals surface area contributed by atoms with Crippen molar-refractivity contribution in [2.24, 2.45) is 0 Å². The molecule has 12 heteroatoms. The van der Waals surface area contributed by atoms with Crippen LogP contribution in [0, 0.1) is 0 Å². The molecule has 12 nitrogen and oxygen atoms in total. The number of rotatable bonds is 10. The molecule has 42 heavy (non-hydrogen) atoms. The standard InChI is InChI=1S/C30H40N4O8/c1-5-41-28(39)22(13-8-9-17-32-25(36)19-11-6-7-12-20(19)26(32)37)31-21-15-16-24(35)33-18-10-14-23(34(33)27(21)38)29(40)42-30(2,3)4/h6-7,11-12,21-23,31H,5,8-10,13-18H2,1-4H3/t21-,22+,23-/m0/s1. The van der Waals surface area contributed by atoms with Gasteiger partial charge in [-0.05, 0) is 78.4 Å². The van der Waals surface area contributed by atoms with E-state index in [0.29, 0.717) is 43.4 Å². The van der Waals surface area contributed by atoms with Crippen LogP contribution in [0.5, 0.6) is 0 Å². The van der Waals surface area contributed by atoms with Crippen molar-refractivity contribution >= 4 is 35.6 Å². The molecule has 1 N–H and O–H groups in total. The topological polar surface area (TPSA) is 143 Å². The number of carbonyl (C=O) groups excluding carboxylic acids is 6. The molecule has 3 atom stereocenters. The number of nitrogens with zero attached hydrogens (tertiary/aromatic N) is 3. The molecule has 4 amide bonds. The minimum atomic E-state index is -0.947. The first-order valence-corrected chi connectivity index (χ1v) is 14.7. The molecule has 2 fully saturated rings. The Hall–Kier alpha value is -3.80. The van der Waals surface area contributed by atoms with Crippen molar-refractivity contribution in [1.82, 2.24) is 20.2 Å². The second-order valence-corrected chi connectivity index (χ2v) is 11.8. The van der Waals surface area contributed by atoms with E-state index in [1.165, 1.54) is 14.9 Å².